The molecular weight excluding hydrogens is 426 g/mol. The Balaban J connectivity index is 1.60. The number of aromatic nitrogens is 4. The summed E-state index contributed by atoms with van der Waals surface area (Å²) in [5, 5.41) is 19.1. The van der Waals surface area contributed by atoms with Crippen molar-refractivity contribution < 1.29 is 9.52 Å². The van der Waals surface area contributed by atoms with Crippen molar-refractivity contribution in [3.8, 4) is 22.4 Å². The second kappa shape index (κ2) is 7.52. The van der Waals surface area contributed by atoms with Crippen LogP contribution in [0, 0.1) is 5.21 Å². The summed E-state index contributed by atoms with van der Waals surface area (Å²) in [5.74, 6) is -0.141. The SMILES string of the molecule is C=CC(=O)N1CCc2ccc(-c3c4cc5c(-c6cnn(C)c6)cccc5nc4cc[n+]3[O-])cc21. The fourth-order valence-corrected chi connectivity index (χ4v) is 4.82. The number of hydrogen-bond acceptors (Lipinski definition) is 4. The van der Waals surface area contributed by atoms with Crippen LogP contribution in [0.5, 0.6) is 0 Å². The summed E-state index contributed by atoms with van der Waals surface area (Å²) >= 11 is 0. The Bertz CT molecular complexity index is 1640. The molecule has 4 heterocycles. The monoisotopic (exact) mass is 447 g/mol. The number of amides is 1. The van der Waals surface area contributed by atoms with E-state index in [1.54, 1.807) is 15.6 Å². The van der Waals surface area contributed by atoms with E-state index < -0.39 is 0 Å². The van der Waals surface area contributed by atoms with E-state index in [0.717, 1.165) is 60.9 Å². The van der Waals surface area contributed by atoms with Crippen molar-refractivity contribution >= 4 is 33.4 Å². The number of carbonyl (C=O) groups excluding carboxylic acids is 1. The van der Waals surface area contributed by atoms with Gasteiger partial charge in [-0.1, -0.05) is 24.8 Å². The van der Waals surface area contributed by atoms with Crippen molar-refractivity contribution in [2.45, 2.75) is 6.42 Å². The van der Waals surface area contributed by atoms with Gasteiger partial charge in [-0.15, -0.1) is 0 Å². The first-order valence-electron chi connectivity index (χ1n) is 11.1. The highest BCUT2D eigenvalue weighted by molar-refractivity contribution is 6.05. The molecule has 5 aromatic rings. The normalized spacial score (nSPS) is 12.9. The number of rotatable bonds is 3. The fraction of sp³-hybridized carbons (Fsp3) is 0.111. The Labute approximate surface area is 195 Å². The van der Waals surface area contributed by atoms with Gasteiger partial charge in [-0.2, -0.15) is 9.83 Å². The Morgan fingerprint density at radius 3 is 2.76 bits per heavy atom. The highest BCUT2D eigenvalue weighted by Crippen LogP contribution is 2.36. The Kier molecular flexibility index (Phi) is 4.45. The topological polar surface area (TPSA) is 78.0 Å². The molecule has 7 nitrogen and oxygen atoms in total. The van der Waals surface area contributed by atoms with Crippen LogP contribution in [0.2, 0.25) is 0 Å². The van der Waals surface area contributed by atoms with Crippen molar-refractivity contribution in [2.75, 3.05) is 11.4 Å². The molecule has 0 saturated heterocycles. The predicted octanol–water partition coefficient (Wildman–Crippen LogP) is 4.16. The second-order valence-electron chi connectivity index (χ2n) is 8.47. The van der Waals surface area contributed by atoms with Gasteiger partial charge in [-0.05, 0) is 47.9 Å². The number of aryl methyl sites for hydroxylation is 1. The van der Waals surface area contributed by atoms with Gasteiger partial charge >= 0.3 is 0 Å². The van der Waals surface area contributed by atoms with E-state index in [-0.39, 0.29) is 5.91 Å². The molecule has 0 fully saturated rings. The average molecular weight is 447 g/mol. The van der Waals surface area contributed by atoms with Crippen LogP contribution in [0.15, 0.2) is 79.8 Å². The van der Waals surface area contributed by atoms with Crippen LogP contribution < -0.4 is 9.63 Å². The molecule has 0 unspecified atom stereocenters. The van der Waals surface area contributed by atoms with Crippen molar-refractivity contribution in [3.05, 3.63) is 90.5 Å². The van der Waals surface area contributed by atoms with Crippen LogP contribution in [0.3, 0.4) is 0 Å². The third kappa shape index (κ3) is 3.05. The van der Waals surface area contributed by atoms with Crippen molar-refractivity contribution in [3.63, 3.8) is 0 Å². The summed E-state index contributed by atoms with van der Waals surface area (Å²) < 4.78 is 2.64. The van der Waals surface area contributed by atoms with Gasteiger partial charge < -0.3 is 10.1 Å². The second-order valence-corrected chi connectivity index (χ2v) is 8.47. The zero-order chi connectivity index (χ0) is 23.4. The minimum atomic E-state index is -0.141. The molecule has 0 saturated carbocycles. The molecule has 0 atom stereocenters. The molecule has 1 aliphatic rings. The molecule has 166 valence electrons. The molecule has 7 heteroatoms. The summed E-state index contributed by atoms with van der Waals surface area (Å²) in [6, 6.07) is 15.6. The van der Waals surface area contributed by atoms with E-state index >= 15 is 0 Å². The molecule has 0 N–H and O–H groups in total. The smallest absolute Gasteiger partial charge is 0.250 e. The number of anilines is 1. The molecule has 0 bridgehead atoms. The van der Waals surface area contributed by atoms with Crippen LogP contribution in [0.4, 0.5) is 5.69 Å². The van der Waals surface area contributed by atoms with E-state index in [0.29, 0.717) is 12.2 Å². The van der Waals surface area contributed by atoms with E-state index in [1.807, 2.05) is 61.9 Å². The van der Waals surface area contributed by atoms with E-state index in [1.165, 1.54) is 12.3 Å². The summed E-state index contributed by atoms with van der Waals surface area (Å²) in [6.45, 7) is 4.23. The number of fused-ring (bicyclic) bond motifs is 3. The average Bonchev–Trinajstić information content (AvgIpc) is 3.47. The minimum absolute atomic E-state index is 0.141. The third-order valence-electron chi connectivity index (χ3n) is 6.44. The summed E-state index contributed by atoms with van der Waals surface area (Å²) in [7, 11) is 1.88. The third-order valence-corrected chi connectivity index (χ3v) is 6.44. The predicted molar refractivity (Wildman–Crippen MR) is 132 cm³/mol. The number of pyridine rings is 2. The highest BCUT2D eigenvalue weighted by Gasteiger charge is 2.25. The van der Waals surface area contributed by atoms with Crippen molar-refractivity contribution in [1.29, 1.82) is 0 Å². The molecule has 0 radical (unpaired) electrons. The van der Waals surface area contributed by atoms with Gasteiger partial charge in [-0.3, -0.25) is 9.48 Å². The largest absolute Gasteiger partial charge is 0.618 e. The van der Waals surface area contributed by atoms with Crippen molar-refractivity contribution in [2.24, 2.45) is 7.05 Å². The molecule has 34 heavy (non-hydrogen) atoms. The lowest BCUT2D eigenvalue weighted by Gasteiger charge is -2.16. The molecule has 0 spiro atoms. The molecule has 2 aromatic carbocycles. The standard InChI is InChI=1S/C27H21N5O2/c1-3-26(33)31-11-9-17-7-8-18(13-25(17)31)27-22-14-21-20(19-15-28-30(2)16-19)5-4-6-23(21)29-24(22)10-12-32(27)34/h3-8,10,12-16H,1,9,11H2,2H3. The van der Waals surface area contributed by atoms with Crippen molar-refractivity contribution in [1.82, 2.24) is 14.8 Å². The van der Waals surface area contributed by atoms with Crippen LogP contribution >= 0.6 is 0 Å². The number of hydrogen-bond donors (Lipinski definition) is 0. The Morgan fingerprint density at radius 2 is 1.97 bits per heavy atom. The summed E-state index contributed by atoms with van der Waals surface area (Å²) in [4.78, 5) is 18.9. The van der Waals surface area contributed by atoms with Gasteiger partial charge in [0.2, 0.25) is 11.6 Å². The number of nitrogens with zero attached hydrogens (tertiary/aromatic N) is 5. The maximum atomic E-state index is 13.1. The van der Waals surface area contributed by atoms with Gasteiger partial charge in [-0.25, -0.2) is 4.98 Å². The quantitative estimate of drug-likeness (QED) is 0.180. The lowest BCUT2D eigenvalue weighted by molar-refractivity contribution is -0.592. The maximum absolute atomic E-state index is 13.1. The molecule has 1 amide bonds. The highest BCUT2D eigenvalue weighted by atomic mass is 16.5. The zero-order valence-electron chi connectivity index (χ0n) is 18.6. The van der Waals surface area contributed by atoms with Crippen LogP contribution in [-0.2, 0) is 18.3 Å². The molecule has 1 aliphatic heterocycles. The first kappa shape index (κ1) is 20.1. The van der Waals surface area contributed by atoms with Crippen LogP contribution in [-0.4, -0.2) is 27.2 Å². The molecule has 3 aromatic heterocycles. The van der Waals surface area contributed by atoms with E-state index in [2.05, 4.69) is 11.7 Å². The summed E-state index contributed by atoms with van der Waals surface area (Å²) in [5.41, 5.74) is 6.72. The first-order chi connectivity index (χ1) is 16.5. The number of benzene rings is 2. The van der Waals surface area contributed by atoms with Crippen LogP contribution in [0.1, 0.15) is 5.56 Å². The number of carbonyl (C=O) groups is 1. The lowest BCUT2D eigenvalue weighted by Crippen LogP contribution is -2.29. The lowest BCUT2D eigenvalue weighted by atomic mass is 9.99. The van der Waals surface area contributed by atoms with Gasteiger partial charge in [0, 0.05) is 42.5 Å². The molecule has 6 rings (SSSR count). The Morgan fingerprint density at radius 1 is 1.12 bits per heavy atom. The zero-order valence-corrected chi connectivity index (χ0v) is 18.6. The van der Waals surface area contributed by atoms with Gasteiger partial charge in [0.05, 0.1) is 28.2 Å². The van der Waals surface area contributed by atoms with Gasteiger partial charge in [0.15, 0.2) is 6.20 Å². The maximum Gasteiger partial charge on any atom is 0.250 e. The van der Waals surface area contributed by atoms with E-state index in [9.17, 15) is 10.0 Å². The fourth-order valence-electron chi connectivity index (χ4n) is 4.82. The Hall–Kier alpha value is -4.52. The minimum Gasteiger partial charge on any atom is -0.618 e. The summed E-state index contributed by atoms with van der Waals surface area (Å²) in [6.07, 6.45) is 7.38. The van der Waals surface area contributed by atoms with E-state index in [4.69, 9.17) is 4.98 Å². The molecular formula is C27H21N5O2. The van der Waals surface area contributed by atoms with Gasteiger partial charge in [0.25, 0.3) is 0 Å². The molecule has 0 aliphatic carbocycles. The van der Waals surface area contributed by atoms with Crippen LogP contribution in [0.25, 0.3) is 44.2 Å². The van der Waals surface area contributed by atoms with Gasteiger partial charge in [0.1, 0.15) is 0 Å². The first-order valence-corrected chi connectivity index (χ1v) is 11.1.